The Hall–Kier alpha value is -3.68. The highest BCUT2D eigenvalue weighted by molar-refractivity contribution is 5.92. The molecule has 3 rings (SSSR count). The van der Waals surface area contributed by atoms with Crippen LogP contribution < -0.4 is 20.1 Å². The summed E-state index contributed by atoms with van der Waals surface area (Å²) in [4.78, 5) is 25.2. The number of rotatable bonds is 8. The van der Waals surface area contributed by atoms with Gasteiger partial charge in [0.2, 0.25) is 5.95 Å². The molecule has 1 amide bonds. The molecule has 0 fully saturated rings. The molecule has 0 spiro atoms. The summed E-state index contributed by atoms with van der Waals surface area (Å²) in [6, 6.07) is 11.0. The maximum Gasteiger partial charge on any atom is 0.270 e. The van der Waals surface area contributed by atoms with Gasteiger partial charge in [0.1, 0.15) is 5.69 Å². The van der Waals surface area contributed by atoms with Crippen LogP contribution in [0, 0.1) is 6.92 Å². The van der Waals surface area contributed by atoms with Gasteiger partial charge < -0.3 is 20.1 Å². The minimum atomic E-state index is -0.270. The molecule has 2 N–H and O–H groups in total. The molecule has 29 heavy (non-hydrogen) atoms. The number of amides is 1. The number of anilines is 1. The van der Waals surface area contributed by atoms with E-state index in [4.69, 9.17) is 9.47 Å². The lowest BCUT2D eigenvalue weighted by Crippen LogP contribution is -2.24. The third-order valence-electron chi connectivity index (χ3n) is 4.16. The largest absolute Gasteiger partial charge is 0.493 e. The summed E-state index contributed by atoms with van der Waals surface area (Å²) in [6.07, 6.45) is 3.40. The zero-order valence-electron chi connectivity index (χ0n) is 16.6. The molecule has 8 nitrogen and oxygen atoms in total. The van der Waals surface area contributed by atoms with E-state index in [2.05, 4.69) is 25.6 Å². The first-order chi connectivity index (χ1) is 14.1. The van der Waals surface area contributed by atoms with Crippen molar-refractivity contribution < 1.29 is 14.3 Å². The number of ether oxygens (including phenoxy) is 2. The van der Waals surface area contributed by atoms with Gasteiger partial charge >= 0.3 is 0 Å². The Morgan fingerprint density at radius 2 is 1.83 bits per heavy atom. The van der Waals surface area contributed by atoms with Crippen molar-refractivity contribution in [2.24, 2.45) is 0 Å². The number of pyridine rings is 1. The van der Waals surface area contributed by atoms with Crippen molar-refractivity contribution in [3.63, 3.8) is 0 Å². The number of aromatic nitrogens is 3. The molecular weight excluding hydrogens is 370 g/mol. The first-order valence-electron chi connectivity index (χ1n) is 9.06. The number of carbonyl (C=O) groups excluding carboxylic acids is 1. The van der Waals surface area contributed by atoms with Gasteiger partial charge in [0.15, 0.2) is 11.5 Å². The molecule has 3 aromatic rings. The van der Waals surface area contributed by atoms with Crippen molar-refractivity contribution in [3.05, 3.63) is 71.3 Å². The van der Waals surface area contributed by atoms with E-state index in [9.17, 15) is 4.79 Å². The van der Waals surface area contributed by atoms with Gasteiger partial charge in [-0.05, 0) is 42.3 Å². The van der Waals surface area contributed by atoms with Crippen LogP contribution in [0.15, 0.2) is 48.8 Å². The molecule has 0 aliphatic rings. The molecule has 0 aliphatic carbocycles. The summed E-state index contributed by atoms with van der Waals surface area (Å²) >= 11 is 0. The molecule has 0 saturated carbocycles. The van der Waals surface area contributed by atoms with E-state index in [1.54, 1.807) is 32.7 Å². The van der Waals surface area contributed by atoms with E-state index >= 15 is 0 Å². The minimum Gasteiger partial charge on any atom is -0.493 e. The molecule has 1 aromatic carbocycles. The van der Waals surface area contributed by atoms with Crippen LogP contribution in [0.5, 0.6) is 11.5 Å². The smallest absolute Gasteiger partial charge is 0.270 e. The van der Waals surface area contributed by atoms with E-state index < -0.39 is 0 Å². The predicted octanol–water partition coefficient (Wildman–Crippen LogP) is 2.74. The topological polar surface area (TPSA) is 98.3 Å². The first-order valence-corrected chi connectivity index (χ1v) is 9.06. The van der Waals surface area contributed by atoms with Crippen LogP contribution in [-0.2, 0) is 13.1 Å². The van der Waals surface area contributed by atoms with E-state index in [0.29, 0.717) is 41.9 Å². The van der Waals surface area contributed by atoms with E-state index in [1.807, 2.05) is 37.3 Å². The molecule has 0 bridgehead atoms. The number of benzene rings is 1. The molecule has 0 radical (unpaired) electrons. The minimum absolute atomic E-state index is 0.270. The van der Waals surface area contributed by atoms with Crippen molar-refractivity contribution in [2.75, 3.05) is 19.5 Å². The van der Waals surface area contributed by atoms with Crippen LogP contribution in [0.3, 0.4) is 0 Å². The maximum absolute atomic E-state index is 12.5. The van der Waals surface area contributed by atoms with Gasteiger partial charge in [0.05, 0.1) is 14.2 Å². The predicted molar refractivity (Wildman–Crippen MR) is 109 cm³/mol. The lowest BCUT2D eigenvalue weighted by atomic mass is 10.2. The average molecular weight is 393 g/mol. The Bertz CT molecular complexity index is 979. The normalized spacial score (nSPS) is 10.3. The number of hydrogen-bond acceptors (Lipinski definition) is 7. The standard InChI is InChI=1S/C21H23N5O3/c1-14-9-17(20(27)23-13-16-5-4-8-22-11-16)26-21(25-14)24-12-15-6-7-18(28-2)19(10-15)29-3/h4-11H,12-13H2,1-3H3,(H,23,27)(H,24,25,26). The van der Waals surface area contributed by atoms with Crippen molar-refractivity contribution in [1.82, 2.24) is 20.3 Å². The summed E-state index contributed by atoms with van der Waals surface area (Å²) in [5.74, 6) is 1.42. The number of aryl methyl sites for hydroxylation is 1. The molecular formula is C21H23N5O3. The van der Waals surface area contributed by atoms with E-state index in [0.717, 1.165) is 11.1 Å². The lowest BCUT2D eigenvalue weighted by molar-refractivity contribution is 0.0945. The highest BCUT2D eigenvalue weighted by Gasteiger charge is 2.11. The van der Waals surface area contributed by atoms with Crippen molar-refractivity contribution >= 4 is 11.9 Å². The SMILES string of the molecule is COc1ccc(CNc2nc(C)cc(C(=O)NCc3cccnc3)n2)cc1OC. The Balaban J connectivity index is 1.66. The summed E-state index contributed by atoms with van der Waals surface area (Å²) in [5.41, 5.74) is 2.88. The number of carbonyl (C=O) groups is 1. The molecule has 0 unspecified atom stereocenters. The third kappa shape index (κ3) is 5.41. The lowest BCUT2D eigenvalue weighted by Gasteiger charge is -2.11. The highest BCUT2D eigenvalue weighted by Crippen LogP contribution is 2.27. The Kier molecular flexibility index (Phi) is 6.57. The monoisotopic (exact) mass is 393 g/mol. The Morgan fingerprint density at radius 3 is 2.55 bits per heavy atom. The summed E-state index contributed by atoms with van der Waals surface area (Å²) in [6.45, 7) is 2.67. The molecule has 8 heteroatoms. The second-order valence-electron chi connectivity index (χ2n) is 6.31. The molecule has 0 atom stereocenters. The fraction of sp³-hybridized carbons (Fsp3) is 0.238. The molecule has 150 valence electrons. The highest BCUT2D eigenvalue weighted by atomic mass is 16.5. The van der Waals surface area contributed by atoms with Crippen LogP contribution in [-0.4, -0.2) is 35.1 Å². The molecule has 2 heterocycles. The maximum atomic E-state index is 12.5. The van der Waals surface area contributed by atoms with Crippen LogP contribution in [0.4, 0.5) is 5.95 Å². The van der Waals surface area contributed by atoms with Gasteiger partial charge in [-0.3, -0.25) is 9.78 Å². The summed E-state index contributed by atoms with van der Waals surface area (Å²) in [5, 5.41) is 5.99. The summed E-state index contributed by atoms with van der Waals surface area (Å²) in [7, 11) is 3.19. The second-order valence-corrected chi connectivity index (χ2v) is 6.31. The van der Waals surface area contributed by atoms with Crippen molar-refractivity contribution in [3.8, 4) is 11.5 Å². The Morgan fingerprint density at radius 1 is 1.00 bits per heavy atom. The number of methoxy groups -OCH3 is 2. The van der Waals surface area contributed by atoms with Gasteiger partial charge in [-0.1, -0.05) is 12.1 Å². The Labute approximate surface area is 169 Å². The van der Waals surface area contributed by atoms with E-state index in [-0.39, 0.29) is 5.91 Å². The molecule has 2 aromatic heterocycles. The first kappa shape index (κ1) is 20.1. The quantitative estimate of drug-likeness (QED) is 0.607. The van der Waals surface area contributed by atoms with Crippen molar-refractivity contribution in [1.29, 1.82) is 0 Å². The number of hydrogen-bond donors (Lipinski definition) is 2. The van der Waals surface area contributed by atoms with Crippen molar-refractivity contribution in [2.45, 2.75) is 20.0 Å². The number of nitrogens with zero attached hydrogens (tertiary/aromatic N) is 3. The van der Waals surface area contributed by atoms with Gasteiger partial charge in [-0.15, -0.1) is 0 Å². The molecule has 0 saturated heterocycles. The third-order valence-corrected chi connectivity index (χ3v) is 4.16. The zero-order valence-corrected chi connectivity index (χ0v) is 16.6. The van der Waals surface area contributed by atoms with Crippen LogP contribution in [0.25, 0.3) is 0 Å². The average Bonchev–Trinajstić information content (AvgIpc) is 2.76. The fourth-order valence-corrected chi connectivity index (χ4v) is 2.71. The molecule has 0 aliphatic heterocycles. The zero-order chi connectivity index (χ0) is 20.6. The van der Waals surface area contributed by atoms with Crippen LogP contribution in [0.2, 0.25) is 0 Å². The summed E-state index contributed by atoms with van der Waals surface area (Å²) < 4.78 is 10.6. The number of nitrogens with one attached hydrogen (secondary N) is 2. The van der Waals surface area contributed by atoms with Gasteiger partial charge in [-0.2, -0.15) is 0 Å². The van der Waals surface area contributed by atoms with Gasteiger partial charge in [0, 0.05) is 31.2 Å². The van der Waals surface area contributed by atoms with Crippen LogP contribution >= 0.6 is 0 Å². The van der Waals surface area contributed by atoms with Gasteiger partial charge in [-0.25, -0.2) is 9.97 Å². The second kappa shape index (κ2) is 9.50. The fourth-order valence-electron chi connectivity index (χ4n) is 2.71. The van der Waals surface area contributed by atoms with E-state index in [1.165, 1.54) is 0 Å². The van der Waals surface area contributed by atoms with Gasteiger partial charge in [0.25, 0.3) is 5.91 Å². The van der Waals surface area contributed by atoms with Crippen LogP contribution in [0.1, 0.15) is 27.3 Å².